The molecular formula is C20H21BrNO4-. The SMILES string of the molecule is CC#Cc1cc(Br)c(C2=C([O-])C3(CCC(OC)CC3)NC2=O)c(OC)c1. The fourth-order valence-corrected chi connectivity index (χ4v) is 4.42. The second-order valence-electron chi connectivity index (χ2n) is 6.59. The number of methoxy groups -OCH3 is 2. The summed E-state index contributed by atoms with van der Waals surface area (Å²) in [6, 6.07) is 3.55. The van der Waals surface area contributed by atoms with Crippen LogP contribution in [-0.4, -0.2) is 31.8 Å². The van der Waals surface area contributed by atoms with E-state index in [1.807, 2.05) is 0 Å². The van der Waals surface area contributed by atoms with Crippen molar-refractivity contribution in [3.05, 3.63) is 33.5 Å². The normalized spacial score (nSPS) is 25.1. The lowest BCUT2D eigenvalue weighted by Crippen LogP contribution is -2.50. The number of carbonyl (C=O) groups is 1. The molecule has 1 N–H and O–H groups in total. The molecule has 138 valence electrons. The molecule has 0 atom stereocenters. The highest BCUT2D eigenvalue weighted by molar-refractivity contribution is 9.10. The summed E-state index contributed by atoms with van der Waals surface area (Å²) < 4.78 is 11.5. The molecule has 1 fully saturated rings. The quantitative estimate of drug-likeness (QED) is 0.764. The van der Waals surface area contributed by atoms with Gasteiger partial charge in [-0.2, -0.15) is 0 Å². The van der Waals surface area contributed by atoms with Gasteiger partial charge in [-0.15, -0.1) is 5.92 Å². The highest BCUT2D eigenvalue weighted by Gasteiger charge is 2.44. The van der Waals surface area contributed by atoms with Crippen LogP contribution in [0.4, 0.5) is 0 Å². The van der Waals surface area contributed by atoms with Gasteiger partial charge in [0.2, 0.25) is 0 Å². The zero-order chi connectivity index (χ0) is 18.9. The highest BCUT2D eigenvalue weighted by atomic mass is 79.9. The molecule has 1 aromatic carbocycles. The van der Waals surface area contributed by atoms with Crippen molar-refractivity contribution < 1.29 is 19.4 Å². The summed E-state index contributed by atoms with van der Waals surface area (Å²) in [5.74, 6) is 5.74. The van der Waals surface area contributed by atoms with Crippen molar-refractivity contribution in [1.29, 1.82) is 0 Å². The van der Waals surface area contributed by atoms with Gasteiger partial charge in [0.25, 0.3) is 5.91 Å². The molecule has 0 bridgehead atoms. The van der Waals surface area contributed by atoms with Crippen molar-refractivity contribution >= 4 is 27.4 Å². The van der Waals surface area contributed by atoms with E-state index in [1.54, 1.807) is 26.2 Å². The third kappa shape index (κ3) is 3.10. The number of hydrogen-bond donors (Lipinski definition) is 1. The number of carbonyl (C=O) groups excluding carboxylic acids is 1. The first-order valence-electron chi connectivity index (χ1n) is 8.53. The van der Waals surface area contributed by atoms with Crippen LogP contribution in [0, 0.1) is 11.8 Å². The van der Waals surface area contributed by atoms with Gasteiger partial charge in [-0.25, -0.2) is 0 Å². The van der Waals surface area contributed by atoms with Crippen molar-refractivity contribution in [2.24, 2.45) is 0 Å². The van der Waals surface area contributed by atoms with Gasteiger partial charge in [-0.1, -0.05) is 11.7 Å². The molecule has 1 heterocycles. The van der Waals surface area contributed by atoms with Crippen LogP contribution in [0.25, 0.3) is 5.57 Å². The molecule has 26 heavy (non-hydrogen) atoms. The van der Waals surface area contributed by atoms with Gasteiger partial charge in [0.1, 0.15) is 5.75 Å². The Morgan fingerprint density at radius 1 is 1.31 bits per heavy atom. The fraction of sp³-hybridized carbons (Fsp3) is 0.450. The van der Waals surface area contributed by atoms with E-state index in [0.29, 0.717) is 28.6 Å². The number of nitrogens with one attached hydrogen (secondary N) is 1. The number of ether oxygens (including phenoxy) is 2. The molecule has 6 heteroatoms. The minimum atomic E-state index is -0.826. The summed E-state index contributed by atoms with van der Waals surface area (Å²) in [6.07, 6.45) is 2.80. The maximum absolute atomic E-state index is 13.3. The van der Waals surface area contributed by atoms with Crippen molar-refractivity contribution in [2.45, 2.75) is 44.2 Å². The van der Waals surface area contributed by atoms with Crippen LogP contribution in [0.15, 0.2) is 22.4 Å². The largest absolute Gasteiger partial charge is 0.873 e. The monoisotopic (exact) mass is 418 g/mol. The zero-order valence-electron chi connectivity index (χ0n) is 15.1. The van der Waals surface area contributed by atoms with Crippen molar-refractivity contribution in [1.82, 2.24) is 5.32 Å². The topological polar surface area (TPSA) is 70.6 Å². The molecule has 1 spiro atoms. The lowest BCUT2D eigenvalue weighted by Gasteiger charge is -2.41. The van der Waals surface area contributed by atoms with Crippen molar-refractivity contribution in [3.8, 4) is 17.6 Å². The first-order valence-corrected chi connectivity index (χ1v) is 9.32. The molecule has 5 nitrogen and oxygen atoms in total. The number of amides is 1. The Kier molecular flexibility index (Phi) is 5.31. The van der Waals surface area contributed by atoms with E-state index in [1.165, 1.54) is 7.11 Å². The Morgan fingerprint density at radius 3 is 2.58 bits per heavy atom. The summed E-state index contributed by atoms with van der Waals surface area (Å²) in [4.78, 5) is 12.7. The second-order valence-corrected chi connectivity index (χ2v) is 7.44. The Balaban J connectivity index is 2.08. The Bertz CT molecular complexity index is 826. The van der Waals surface area contributed by atoms with Crippen LogP contribution in [0.1, 0.15) is 43.7 Å². The lowest BCUT2D eigenvalue weighted by molar-refractivity contribution is -0.317. The van der Waals surface area contributed by atoms with E-state index in [0.717, 1.165) is 18.4 Å². The van der Waals surface area contributed by atoms with Gasteiger partial charge < -0.3 is 19.9 Å². The van der Waals surface area contributed by atoms with E-state index in [9.17, 15) is 9.90 Å². The summed E-state index contributed by atoms with van der Waals surface area (Å²) in [5, 5.41) is 16.2. The fourth-order valence-electron chi connectivity index (χ4n) is 3.78. The van der Waals surface area contributed by atoms with Crippen LogP contribution in [-0.2, 0) is 9.53 Å². The Labute approximate surface area is 161 Å². The molecule has 1 aliphatic carbocycles. The van der Waals surface area contributed by atoms with Crippen LogP contribution < -0.4 is 15.2 Å². The molecule has 0 aromatic heterocycles. The number of halogens is 1. The molecule has 1 aromatic rings. The lowest BCUT2D eigenvalue weighted by atomic mass is 9.79. The van der Waals surface area contributed by atoms with Gasteiger partial charge in [0.05, 0.1) is 18.8 Å². The molecule has 3 rings (SSSR count). The average molecular weight is 419 g/mol. The van der Waals surface area contributed by atoms with E-state index in [-0.39, 0.29) is 23.3 Å². The first-order chi connectivity index (χ1) is 12.5. The molecule has 1 saturated carbocycles. The second kappa shape index (κ2) is 7.34. The van der Waals surface area contributed by atoms with Crippen LogP contribution in [0.2, 0.25) is 0 Å². The van der Waals surface area contributed by atoms with E-state index in [2.05, 4.69) is 33.1 Å². The minimum absolute atomic E-state index is 0.141. The number of rotatable bonds is 3. The maximum Gasteiger partial charge on any atom is 0.251 e. The van der Waals surface area contributed by atoms with Crippen LogP contribution >= 0.6 is 15.9 Å². The minimum Gasteiger partial charge on any atom is -0.873 e. The summed E-state index contributed by atoms with van der Waals surface area (Å²) in [6.45, 7) is 1.75. The van der Waals surface area contributed by atoms with Crippen LogP contribution in [0.5, 0.6) is 5.75 Å². The highest BCUT2D eigenvalue weighted by Crippen LogP contribution is 2.44. The van der Waals surface area contributed by atoms with Gasteiger partial charge >= 0.3 is 0 Å². The van der Waals surface area contributed by atoms with Crippen LogP contribution in [0.3, 0.4) is 0 Å². The smallest absolute Gasteiger partial charge is 0.251 e. The Morgan fingerprint density at radius 2 is 2.00 bits per heavy atom. The van der Waals surface area contributed by atoms with Crippen molar-refractivity contribution in [3.63, 3.8) is 0 Å². The number of benzene rings is 1. The zero-order valence-corrected chi connectivity index (χ0v) is 16.7. The van der Waals surface area contributed by atoms with Gasteiger partial charge in [0.15, 0.2) is 0 Å². The Hall–Kier alpha value is -1.97. The molecule has 2 aliphatic rings. The molecule has 0 unspecified atom stereocenters. The maximum atomic E-state index is 13.3. The average Bonchev–Trinajstić information content (AvgIpc) is 2.86. The van der Waals surface area contributed by atoms with Crippen molar-refractivity contribution in [2.75, 3.05) is 14.2 Å². The van der Waals surface area contributed by atoms with Gasteiger partial charge in [-0.3, -0.25) is 4.79 Å². The summed E-state index contributed by atoms with van der Waals surface area (Å²) >= 11 is 3.49. The third-order valence-corrected chi connectivity index (χ3v) is 5.78. The molecule has 1 amide bonds. The van der Waals surface area contributed by atoms with Gasteiger partial charge in [0, 0.05) is 28.3 Å². The predicted octanol–water partition coefficient (Wildman–Crippen LogP) is 2.36. The molecular weight excluding hydrogens is 398 g/mol. The molecule has 0 radical (unpaired) electrons. The summed E-state index contributed by atoms with van der Waals surface area (Å²) in [7, 11) is 3.20. The van der Waals surface area contributed by atoms with Gasteiger partial charge in [-0.05, 0) is 60.7 Å². The van der Waals surface area contributed by atoms with E-state index < -0.39 is 5.54 Å². The first kappa shape index (κ1) is 18.8. The molecule has 0 saturated heterocycles. The van der Waals surface area contributed by atoms with E-state index in [4.69, 9.17) is 9.47 Å². The number of hydrogen-bond acceptors (Lipinski definition) is 4. The molecule has 1 aliphatic heterocycles. The standard InChI is InChI=1S/C20H22BrNO4/c1-4-5-12-10-14(21)16(15(11-12)26-3)17-18(23)20(22-19(17)24)8-6-13(25-2)7-9-20/h10-11,13,23H,6-9H2,1-3H3,(H,22,24)/p-1. The van der Waals surface area contributed by atoms with E-state index >= 15 is 0 Å². The summed E-state index contributed by atoms with van der Waals surface area (Å²) in [5.41, 5.74) is 0.568. The predicted molar refractivity (Wildman–Crippen MR) is 100 cm³/mol. The third-order valence-electron chi connectivity index (χ3n) is 5.15.